The Labute approximate surface area is 213 Å². The van der Waals surface area contributed by atoms with Crippen molar-refractivity contribution < 1.29 is 24.1 Å². The topological polar surface area (TPSA) is 71.5 Å². The summed E-state index contributed by atoms with van der Waals surface area (Å²) < 4.78 is 17.4. The van der Waals surface area contributed by atoms with E-state index < -0.39 is 5.97 Å². The van der Waals surface area contributed by atoms with E-state index in [1.807, 2.05) is 24.3 Å². The Balaban J connectivity index is 1.19. The number of carboxylic acids is 1. The molecule has 1 saturated carbocycles. The molecule has 0 aromatic heterocycles. The van der Waals surface area contributed by atoms with Crippen molar-refractivity contribution in [2.75, 3.05) is 43.7 Å². The van der Waals surface area contributed by atoms with E-state index in [1.54, 1.807) is 14.2 Å². The first kappa shape index (κ1) is 24.8. The van der Waals surface area contributed by atoms with Crippen LogP contribution in [0.25, 0.3) is 0 Å². The second-order valence-corrected chi connectivity index (χ2v) is 10.3. The van der Waals surface area contributed by atoms with E-state index in [0.717, 1.165) is 49.5 Å². The number of benzene rings is 2. The van der Waals surface area contributed by atoms with Crippen molar-refractivity contribution in [2.45, 2.75) is 69.1 Å². The fourth-order valence-electron chi connectivity index (χ4n) is 5.87. The molecule has 36 heavy (non-hydrogen) atoms. The third-order valence-corrected chi connectivity index (χ3v) is 8.16. The highest BCUT2D eigenvalue weighted by Gasteiger charge is 2.34. The molecule has 1 aliphatic carbocycles. The Morgan fingerprint density at radius 2 is 1.69 bits per heavy atom. The molecule has 5 rings (SSSR count). The number of carboxylic acid groups (broad SMARTS) is 1. The lowest BCUT2D eigenvalue weighted by atomic mass is 9.79. The van der Waals surface area contributed by atoms with E-state index in [0.29, 0.717) is 12.5 Å². The minimum atomic E-state index is -0.776. The Hall–Kier alpha value is -2.93. The summed E-state index contributed by atoms with van der Waals surface area (Å²) in [4.78, 5) is 16.0. The summed E-state index contributed by atoms with van der Waals surface area (Å²) in [6.45, 7) is 2.65. The fraction of sp³-hybridized carbons (Fsp3) is 0.552. The highest BCUT2D eigenvalue weighted by Crippen LogP contribution is 2.43. The zero-order valence-electron chi connectivity index (χ0n) is 21.4. The molecule has 0 spiro atoms. The van der Waals surface area contributed by atoms with E-state index in [-0.39, 0.29) is 24.7 Å². The first-order valence-electron chi connectivity index (χ1n) is 13.2. The van der Waals surface area contributed by atoms with Crippen molar-refractivity contribution in [2.24, 2.45) is 0 Å². The smallest absolute Gasteiger partial charge is 0.305 e. The van der Waals surface area contributed by atoms with Gasteiger partial charge in [-0.25, -0.2) is 0 Å². The molecule has 194 valence electrons. The molecule has 0 unspecified atom stereocenters. The summed E-state index contributed by atoms with van der Waals surface area (Å²) >= 11 is 0. The largest absolute Gasteiger partial charge is 0.497 e. The maximum Gasteiger partial charge on any atom is 0.305 e. The molecule has 0 bridgehead atoms. The second kappa shape index (κ2) is 11.0. The van der Waals surface area contributed by atoms with Crippen LogP contribution >= 0.6 is 0 Å². The molecule has 7 heteroatoms. The summed E-state index contributed by atoms with van der Waals surface area (Å²) in [7, 11) is 3.43. The number of nitrogens with zero attached hydrogens (tertiary/aromatic N) is 2. The Kier molecular flexibility index (Phi) is 7.56. The SMILES string of the molecule is COc1ccc(C2CCC2)c(N2CCC(Oc3ccc(N4C[C@H](OC)C[C@@H]4CC(=O)O)cc3)CC2)c1. The van der Waals surface area contributed by atoms with Gasteiger partial charge in [0, 0.05) is 63.1 Å². The molecule has 2 aliphatic heterocycles. The Morgan fingerprint density at radius 3 is 2.31 bits per heavy atom. The van der Waals surface area contributed by atoms with Crippen molar-refractivity contribution in [3.05, 3.63) is 48.0 Å². The molecular weight excluding hydrogens is 456 g/mol. The monoisotopic (exact) mass is 494 g/mol. The summed E-state index contributed by atoms with van der Waals surface area (Å²) in [5.41, 5.74) is 3.82. The third-order valence-electron chi connectivity index (χ3n) is 8.16. The predicted octanol–water partition coefficient (Wildman–Crippen LogP) is 5.08. The first-order chi connectivity index (χ1) is 17.5. The zero-order valence-corrected chi connectivity index (χ0v) is 21.4. The van der Waals surface area contributed by atoms with E-state index in [2.05, 4.69) is 28.0 Å². The summed E-state index contributed by atoms with van der Waals surface area (Å²) in [5.74, 6) is 1.70. The van der Waals surface area contributed by atoms with E-state index in [4.69, 9.17) is 14.2 Å². The van der Waals surface area contributed by atoms with E-state index in [1.165, 1.54) is 30.5 Å². The molecule has 2 atom stereocenters. The van der Waals surface area contributed by atoms with Gasteiger partial charge < -0.3 is 29.1 Å². The average molecular weight is 495 g/mol. The molecule has 2 aromatic rings. The lowest BCUT2D eigenvalue weighted by Crippen LogP contribution is -2.39. The normalized spacial score (nSPS) is 22.9. The van der Waals surface area contributed by atoms with Gasteiger partial charge in [-0.3, -0.25) is 4.79 Å². The highest BCUT2D eigenvalue weighted by molar-refractivity contribution is 5.69. The number of hydrogen-bond donors (Lipinski definition) is 1. The molecule has 3 fully saturated rings. The quantitative estimate of drug-likeness (QED) is 0.521. The van der Waals surface area contributed by atoms with Gasteiger partial charge in [-0.1, -0.05) is 12.5 Å². The standard InChI is InChI=1S/C29H38N2O5/c1-34-25-10-11-27(20-4-3-5-20)28(18-25)30-14-12-24(13-15-30)36-23-8-6-21(7-9-23)31-19-26(35-2)16-22(31)17-29(32)33/h6-11,18,20,22,24,26H,3-5,12-17,19H2,1-2H3,(H,32,33)/t22-,26-/m1/s1. The number of piperidine rings is 1. The van der Waals surface area contributed by atoms with Crippen molar-refractivity contribution in [3.63, 3.8) is 0 Å². The molecule has 1 N–H and O–H groups in total. The molecule has 2 saturated heterocycles. The highest BCUT2D eigenvalue weighted by atomic mass is 16.5. The van der Waals surface area contributed by atoms with Crippen molar-refractivity contribution in [1.82, 2.24) is 0 Å². The summed E-state index contributed by atoms with van der Waals surface area (Å²) in [6.07, 6.45) is 6.96. The maximum absolute atomic E-state index is 11.3. The Bertz CT molecular complexity index is 1030. The minimum absolute atomic E-state index is 0.0509. The van der Waals surface area contributed by atoms with Gasteiger partial charge in [0.1, 0.15) is 17.6 Å². The second-order valence-electron chi connectivity index (χ2n) is 10.3. The molecule has 2 aromatic carbocycles. The average Bonchev–Trinajstić information content (AvgIpc) is 3.26. The fourth-order valence-corrected chi connectivity index (χ4v) is 5.87. The van der Waals surface area contributed by atoms with Crippen molar-refractivity contribution in [1.29, 1.82) is 0 Å². The number of methoxy groups -OCH3 is 2. The number of carbonyl (C=O) groups is 1. The van der Waals surface area contributed by atoms with Crippen LogP contribution in [-0.2, 0) is 9.53 Å². The van der Waals surface area contributed by atoms with Crippen LogP contribution in [0.1, 0.15) is 56.4 Å². The predicted molar refractivity (Wildman–Crippen MR) is 141 cm³/mol. The summed E-state index contributed by atoms with van der Waals surface area (Å²) in [6, 6.07) is 14.6. The lowest BCUT2D eigenvalue weighted by molar-refractivity contribution is -0.137. The molecule has 7 nitrogen and oxygen atoms in total. The first-order valence-corrected chi connectivity index (χ1v) is 13.2. The van der Waals surface area contributed by atoms with Gasteiger partial charge in [-0.05, 0) is 61.1 Å². The van der Waals surface area contributed by atoms with Crippen LogP contribution in [0.5, 0.6) is 11.5 Å². The van der Waals surface area contributed by atoms with Gasteiger partial charge in [0.05, 0.1) is 19.6 Å². The van der Waals surface area contributed by atoms with Gasteiger partial charge >= 0.3 is 5.97 Å². The third kappa shape index (κ3) is 5.41. The van der Waals surface area contributed by atoms with Gasteiger partial charge in [-0.2, -0.15) is 0 Å². The minimum Gasteiger partial charge on any atom is -0.497 e. The molecular formula is C29H38N2O5. The maximum atomic E-state index is 11.3. The van der Waals surface area contributed by atoms with Crippen LogP contribution in [0, 0.1) is 0 Å². The van der Waals surface area contributed by atoms with Crippen LogP contribution in [0.4, 0.5) is 11.4 Å². The zero-order chi connectivity index (χ0) is 25.1. The van der Waals surface area contributed by atoms with Crippen LogP contribution < -0.4 is 19.3 Å². The molecule has 0 amide bonds. The molecule has 3 aliphatic rings. The number of anilines is 2. The van der Waals surface area contributed by atoms with Gasteiger partial charge in [0.25, 0.3) is 0 Å². The van der Waals surface area contributed by atoms with E-state index >= 15 is 0 Å². The van der Waals surface area contributed by atoms with Crippen LogP contribution in [0.3, 0.4) is 0 Å². The summed E-state index contributed by atoms with van der Waals surface area (Å²) in [5, 5.41) is 9.30. The molecule has 2 heterocycles. The number of rotatable bonds is 9. The Morgan fingerprint density at radius 1 is 0.972 bits per heavy atom. The number of hydrogen-bond acceptors (Lipinski definition) is 6. The van der Waals surface area contributed by atoms with Gasteiger partial charge in [-0.15, -0.1) is 0 Å². The number of aliphatic carboxylic acids is 1. The van der Waals surface area contributed by atoms with Gasteiger partial charge in [0.2, 0.25) is 0 Å². The lowest BCUT2D eigenvalue weighted by Gasteiger charge is -2.37. The van der Waals surface area contributed by atoms with E-state index in [9.17, 15) is 9.90 Å². The number of ether oxygens (including phenoxy) is 3. The molecule has 0 radical (unpaired) electrons. The van der Waals surface area contributed by atoms with Crippen molar-refractivity contribution >= 4 is 17.3 Å². The van der Waals surface area contributed by atoms with Gasteiger partial charge in [0.15, 0.2) is 0 Å². The van der Waals surface area contributed by atoms with Crippen molar-refractivity contribution in [3.8, 4) is 11.5 Å². The van der Waals surface area contributed by atoms with Crippen LogP contribution in [0.15, 0.2) is 42.5 Å². The van der Waals surface area contributed by atoms with Crippen LogP contribution in [-0.4, -0.2) is 63.2 Å². The van der Waals surface area contributed by atoms with Crippen LogP contribution in [0.2, 0.25) is 0 Å².